The van der Waals surface area contributed by atoms with Gasteiger partial charge in [-0.05, 0) is 24.4 Å². The molecule has 0 atom stereocenters. The summed E-state index contributed by atoms with van der Waals surface area (Å²) < 4.78 is 0. The molecule has 0 aromatic rings. The van der Waals surface area contributed by atoms with Crippen LogP contribution in [0.4, 0.5) is 0 Å². The molecule has 0 saturated heterocycles. The molecule has 1 aliphatic rings. The van der Waals surface area contributed by atoms with E-state index in [4.69, 9.17) is 18.2 Å². The van der Waals surface area contributed by atoms with Crippen LogP contribution in [-0.4, -0.2) is 11.3 Å². The van der Waals surface area contributed by atoms with Crippen molar-refractivity contribution in [3.05, 3.63) is 11.4 Å². The van der Waals surface area contributed by atoms with Crippen molar-refractivity contribution >= 4 is 16.8 Å². The standard InChI is InChI=1S/C8H10ClNO/c1-10-7-4-2-6(3-5-7)8(9)11/h6-7H,2-5H2. The first-order chi connectivity index (χ1) is 5.24. The Bertz CT molecular complexity index is 189. The Morgan fingerprint density at radius 3 is 2.27 bits per heavy atom. The minimum atomic E-state index is -0.228. The molecular weight excluding hydrogens is 162 g/mol. The smallest absolute Gasteiger partial charge is 0.224 e. The maximum atomic E-state index is 10.7. The van der Waals surface area contributed by atoms with E-state index < -0.39 is 0 Å². The van der Waals surface area contributed by atoms with E-state index in [2.05, 4.69) is 4.85 Å². The summed E-state index contributed by atoms with van der Waals surface area (Å²) in [5.74, 6) is 0.0228. The van der Waals surface area contributed by atoms with Gasteiger partial charge in [0.15, 0.2) is 0 Å². The molecule has 0 bridgehead atoms. The fraction of sp³-hybridized carbons (Fsp3) is 0.750. The van der Waals surface area contributed by atoms with Crippen molar-refractivity contribution < 1.29 is 4.79 Å². The van der Waals surface area contributed by atoms with Crippen molar-refractivity contribution in [3.8, 4) is 0 Å². The highest BCUT2D eigenvalue weighted by Gasteiger charge is 2.27. The molecule has 0 amide bonds. The predicted molar refractivity (Wildman–Crippen MR) is 43.2 cm³/mol. The van der Waals surface area contributed by atoms with Gasteiger partial charge in [0.05, 0.1) is 0 Å². The Hall–Kier alpha value is -0.550. The highest BCUT2D eigenvalue weighted by atomic mass is 35.5. The number of carbonyl (C=O) groups excluding carboxylic acids is 1. The highest BCUT2D eigenvalue weighted by molar-refractivity contribution is 6.63. The van der Waals surface area contributed by atoms with Crippen LogP contribution in [0.25, 0.3) is 4.85 Å². The molecule has 1 rings (SSSR count). The van der Waals surface area contributed by atoms with Gasteiger partial charge in [-0.15, -0.1) is 0 Å². The third-order valence-electron chi connectivity index (χ3n) is 2.20. The molecule has 0 aromatic heterocycles. The zero-order valence-corrected chi connectivity index (χ0v) is 6.97. The second-order valence-corrected chi connectivity index (χ2v) is 3.31. The van der Waals surface area contributed by atoms with E-state index in [-0.39, 0.29) is 17.2 Å². The van der Waals surface area contributed by atoms with Gasteiger partial charge in [-0.3, -0.25) is 4.79 Å². The summed E-state index contributed by atoms with van der Waals surface area (Å²) in [6.45, 7) is 6.78. The summed E-state index contributed by atoms with van der Waals surface area (Å²) in [5.41, 5.74) is 0. The van der Waals surface area contributed by atoms with E-state index in [0.29, 0.717) is 0 Å². The van der Waals surface area contributed by atoms with E-state index in [9.17, 15) is 4.79 Å². The minimum Gasteiger partial charge on any atom is -0.314 e. The third kappa shape index (κ3) is 2.20. The van der Waals surface area contributed by atoms with Crippen LogP contribution in [0, 0.1) is 12.5 Å². The Morgan fingerprint density at radius 2 is 1.91 bits per heavy atom. The van der Waals surface area contributed by atoms with Crippen molar-refractivity contribution in [1.29, 1.82) is 0 Å². The molecule has 60 valence electrons. The molecular formula is C8H10ClNO. The van der Waals surface area contributed by atoms with Crippen molar-refractivity contribution in [2.24, 2.45) is 5.92 Å². The van der Waals surface area contributed by atoms with Crippen LogP contribution in [0.1, 0.15) is 25.7 Å². The summed E-state index contributed by atoms with van der Waals surface area (Å²) in [6.07, 6.45) is 3.28. The molecule has 0 unspecified atom stereocenters. The van der Waals surface area contributed by atoms with E-state index in [1.807, 2.05) is 0 Å². The average molecular weight is 172 g/mol. The van der Waals surface area contributed by atoms with E-state index in [1.54, 1.807) is 0 Å². The lowest BCUT2D eigenvalue weighted by atomic mass is 9.87. The highest BCUT2D eigenvalue weighted by Crippen LogP contribution is 2.27. The molecule has 1 saturated carbocycles. The molecule has 11 heavy (non-hydrogen) atoms. The zero-order chi connectivity index (χ0) is 8.27. The number of carbonyl (C=O) groups is 1. The Balaban J connectivity index is 2.37. The molecule has 3 heteroatoms. The van der Waals surface area contributed by atoms with E-state index in [1.165, 1.54) is 0 Å². The second-order valence-electron chi connectivity index (χ2n) is 2.94. The van der Waals surface area contributed by atoms with Crippen LogP contribution in [0.2, 0.25) is 0 Å². The lowest BCUT2D eigenvalue weighted by molar-refractivity contribution is -0.115. The molecule has 0 aromatic carbocycles. The van der Waals surface area contributed by atoms with Crippen LogP contribution < -0.4 is 0 Å². The van der Waals surface area contributed by atoms with Gasteiger partial charge in [0.25, 0.3) is 0 Å². The van der Waals surface area contributed by atoms with E-state index >= 15 is 0 Å². The largest absolute Gasteiger partial charge is 0.314 e. The SMILES string of the molecule is [C-]#[N+]C1CCC(C(=O)Cl)CC1. The van der Waals surface area contributed by atoms with Gasteiger partial charge in [0.1, 0.15) is 0 Å². The maximum absolute atomic E-state index is 10.7. The first-order valence-corrected chi connectivity index (χ1v) is 4.17. The Morgan fingerprint density at radius 1 is 1.36 bits per heavy atom. The second kappa shape index (κ2) is 3.73. The van der Waals surface area contributed by atoms with Gasteiger partial charge in [-0.25, -0.2) is 6.57 Å². The number of hydrogen-bond acceptors (Lipinski definition) is 1. The van der Waals surface area contributed by atoms with Crippen LogP contribution in [0.3, 0.4) is 0 Å². The van der Waals surface area contributed by atoms with Crippen molar-refractivity contribution in [2.75, 3.05) is 0 Å². The fourth-order valence-electron chi connectivity index (χ4n) is 1.43. The quantitative estimate of drug-likeness (QED) is 0.438. The first kappa shape index (κ1) is 8.55. The van der Waals surface area contributed by atoms with Gasteiger partial charge in [0, 0.05) is 18.8 Å². The number of hydrogen-bond donors (Lipinski definition) is 0. The van der Waals surface area contributed by atoms with Crippen LogP contribution in [0.15, 0.2) is 0 Å². The summed E-state index contributed by atoms with van der Waals surface area (Å²) in [7, 11) is 0. The number of halogens is 1. The van der Waals surface area contributed by atoms with Crippen molar-refractivity contribution in [3.63, 3.8) is 0 Å². The molecule has 0 N–H and O–H groups in total. The maximum Gasteiger partial charge on any atom is 0.224 e. The normalized spacial score (nSPS) is 30.9. The fourth-order valence-corrected chi connectivity index (χ4v) is 1.65. The van der Waals surface area contributed by atoms with Crippen molar-refractivity contribution in [1.82, 2.24) is 0 Å². The molecule has 0 radical (unpaired) electrons. The summed E-state index contributed by atoms with van der Waals surface area (Å²) in [4.78, 5) is 14.1. The average Bonchev–Trinajstić information content (AvgIpc) is 2.05. The number of nitrogens with zero attached hydrogens (tertiary/aromatic N) is 1. The lowest BCUT2D eigenvalue weighted by Crippen LogP contribution is -2.19. The monoisotopic (exact) mass is 171 g/mol. The van der Waals surface area contributed by atoms with Gasteiger partial charge in [0.2, 0.25) is 11.3 Å². The molecule has 1 fully saturated rings. The van der Waals surface area contributed by atoms with Crippen LogP contribution in [0.5, 0.6) is 0 Å². The van der Waals surface area contributed by atoms with Crippen LogP contribution >= 0.6 is 11.6 Å². The Labute approximate surface area is 71.4 Å². The third-order valence-corrected chi connectivity index (χ3v) is 2.51. The molecule has 1 aliphatic carbocycles. The minimum absolute atomic E-state index is 0.0228. The Kier molecular flexibility index (Phi) is 2.90. The van der Waals surface area contributed by atoms with Crippen molar-refractivity contribution in [2.45, 2.75) is 31.7 Å². The summed E-state index contributed by atoms with van der Waals surface area (Å²) in [6, 6.07) is 0.141. The molecule has 0 heterocycles. The molecule has 0 aliphatic heterocycles. The zero-order valence-electron chi connectivity index (χ0n) is 6.22. The molecule has 2 nitrogen and oxygen atoms in total. The summed E-state index contributed by atoms with van der Waals surface area (Å²) >= 11 is 5.33. The topological polar surface area (TPSA) is 21.4 Å². The first-order valence-electron chi connectivity index (χ1n) is 3.80. The lowest BCUT2D eigenvalue weighted by Gasteiger charge is -2.18. The summed E-state index contributed by atoms with van der Waals surface area (Å²) in [5, 5.41) is -0.228. The van der Waals surface area contributed by atoms with Gasteiger partial charge in [-0.1, -0.05) is 0 Å². The predicted octanol–water partition coefficient (Wildman–Crippen LogP) is 2.23. The van der Waals surface area contributed by atoms with E-state index in [0.717, 1.165) is 25.7 Å². The molecule has 0 spiro atoms. The number of rotatable bonds is 1. The van der Waals surface area contributed by atoms with Gasteiger partial charge in [-0.2, -0.15) is 0 Å². The van der Waals surface area contributed by atoms with Gasteiger partial charge >= 0.3 is 0 Å². The van der Waals surface area contributed by atoms with Crippen LogP contribution in [-0.2, 0) is 4.79 Å². The van der Waals surface area contributed by atoms with Gasteiger partial charge < -0.3 is 4.85 Å².